The van der Waals surface area contributed by atoms with Crippen molar-refractivity contribution >= 4 is 23.8 Å². The number of nitrogens with zero attached hydrogens (tertiary/aromatic N) is 2. The van der Waals surface area contributed by atoms with Crippen LogP contribution in [-0.4, -0.2) is 42.7 Å². The summed E-state index contributed by atoms with van der Waals surface area (Å²) in [6.45, 7) is 2.96. The molecule has 0 spiro atoms. The number of unbranched alkanes of at least 4 members (excludes halogenated alkanes) is 5. The van der Waals surface area contributed by atoms with Crippen molar-refractivity contribution in [1.29, 1.82) is 0 Å². The third kappa shape index (κ3) is 5.80. The quantitative estimate of drug-likeness (QED) is 0.168. The third-order valence-electron chi connectivity index (χ3n) is 7.48. The van der Waals surface area contributed by atoms with E-state index in [1.54, 1.807) is 24.3 Å². The topological polar surface area (TPSA) is 66.9 Å². The first-order valence-corrected chi connectivity index (χ1v) is 13.6. The Morgan fingerprint density at radius 2 is 1.50 bits per heavy atom. The van der Waals surface area contributed by atoms with E-state index >= 15 is 0 Å². The van der Waals surface area contributed by atoms with Gasteiger partial charge in [-0.05, 0) is 66.8 Å². The van der Waals surface area contributed by atoms with E-state index in [4.69, 9.17) is 4.74 Å². The highest BCUT2D eigenvalue weighted by Gasteiger charge is 2.34. The second-order valence-electron chi connectivity index (χ2n) is 10.1. The standard InChI is InChI=1S/C32H34N2O4/c35-23-24-10-9-11-27(20-24)33-18-16-25-21-28(15-14-26(25)22-33)38-19-8-4-2-1-3-7-17-34-31(36)29-12-5-6-13-30(29)32(34)37/h5-6,9-15,20-21,23H,1-4,7-8,16-19,22H2. The SMILES string of the molecule is O=Cc1cccc(N2CCc3cc(OCCCCCCCCN4C(=O)c5ccccc5C4=O)ccc3C2)c1. The Labute approximate surface area is 224 Å². The minimum atomic E-state index is -0.161. The van der Waals surface area contributed by atoms with Crippen LogP contribution in [0.25, 0.3) is 0 Å². The van der Waals surface area contributed by atoms with E-state index in [1.807, 2.05) is 18.2 Å². The van der Waals surface area contributed by atoms with Gasteiger partial charge in [0, 0.05) is 30.9 Å². The molecule has 196 valence electrons. The van der Waals surface area contributed by atoms with Crippen LogP contribution in [-0.2, 0) is 13.0 Å². The first-order valence-electron chi connectivity index (χ1n) is 13.6. The number of anilines is 1. The van der Waals surface area contributed by atoms with Crippen LogP contribution in [0.5, 0.6) is 5.75 Å². The average Bonchev–Trinajstić information content (AvgIpc) is 3.20. The Morgan fingerprint density at radius 3 is 2.26 bits per heavy atom. The molecule has 0 unspecified atom stereocenters. The second-order valence-corrected chi connectivity index (χ2v) is 10.1. The zero-order chi connectivity index (χ0) is 26.3. The smallest absolute Gasteiger partial charge is 0.261 e. The van der Waals surface area contributed by atoms with Crippen LogP contribution in [0.1, 0.15) is 80.7 Å². The van der Waals surface area contributed by atoms with Crippen LogP contribution < -0.4 is 9.64 Å². The third-order valence-corrected chi connectivity index (χ3v) is 7.48. The van der Waals surface area contributed by atoms with Crippen molar-refractivity contribution in [3.63, 3.8) is 0 Å². The molecule has 0 N–H and O–H groups in total. The van der Waals surface area contributed by atoms with Gasteiger partial charge in [-0.15, -0.1) is 0 Å². The number of fused-ring (bicyclic) bond motifs is 2. The van der Waals surface area contributed by atoms with E-state index < -0.39 is 0 Å². The second kappa shape index (κ2) is 12.1. The van der Waals surface area contributed by atoms with Gasteiger partial charge < -0.3 is 9.64 Å². The Kier molecular flexibility index (Phi) is 8.17. The number of benzene rings is 3. The van der Waals surface area contributed by atoms with Gasteiger partial charge >= 0.3 is 0 Å². The number of carbonyl (C=O) groups excluding carboxylic acids is 3. The molecule has 3 aromatic carbocycles. The minimum Gasteiger partial charge on any atom is -0.494 e. The van der Waals surface area contributed by atoms with Crippen LogP contribution in [0, 0.1) is 0 Å². The van der Waals surface area contributed by atoms with Gasteiger partial charge in [-0.2, -0.15) is 0 Å². The molecule has 2 aliphatic rings. The molecule has 3 aromatic rings. The first-order chi connectivity index (χ1) is 18.6. The van der Waals surface area contributed by atoms with Crippen molar-refractivity contribution in [2.75, 3.05) is 24.6 Å². The maximum absolute atomic E-state index is 12.4. The van der Waals surface area contributed by atoms with Crippen molar-refractivity contribution < 1.29 is 19.1 Å². The first kappa shape index (κ1) is 25.7. The normalized spacial score (nSPS) is 14.4. The zero-order valence-corrected chi connectivity index (χ0v) is 21.7. The summed E-state index contributed by atoms with van der Waals surface area (Å²) in [6, 6.07) is 21.2. The molecule has 0 fully saturated rings. The fraction of sp³-hybridized carbons (Fsp3) is 0.344. The van der Waals surface area contributed by atoms with Crippen LogP contribution in [0.2, 0.25) is 0 Å². The molecule has 6 nitrogen and oxygen atoms in total. The molecule has 0 radical (unpaired) electrons. The fourth-order valence-corrected chi connectivity index (χ4v) is 5.35. The van der Waals surface area contributed by atoms with E-state index in [0.717, 1.165) is 75.8 Å². The summed E-state index contributed by atoms with van der Waals surface area (Å²) in [5.74, 6) is 0.611. The molecule has 0 bridgehead atoms. The Bertz CT molecular complexity index is 1280. The molecule has 38 heavy (non-hydrogen) atoms. The molecule has 6 heteroatoms. The molecular formula is C32H34N2O4. The largest absolute Gasteiger partial charge is 0.494 e. The molecule has 0 atom stereocenters. The Hall–Kier alpha value is -3.93. The van der Waals surface area contributed by atoms with Gasteiger partial charge in [0.2, 0.25) is 0 Å². The summed E-state index contributed by atoms with van der Waals surface area (Å²) in [4.78, 5) is 39.6. The summed E-state index contributed by atoms with van der Waals surface area (Å²) >= 11 is 0. The molecule has 0 saturated carbocycles. The lowest BCUT2D eigenvalue weighted by molar-refractivity contribution is 0.0651. The van der Waals surface area contributed by atoms with E-state index in [1.165, 1.54) is 16.0 Å². The molecule has 2 heterocycles. The van der Waals surface area contributed by atoms with E-state index in [9.17, 15) is 14.4 Å². The highest BCUT2D eigenvalue weighted by atomic mass is 16.5. The zero-order valence-electron chi connectivity index (χ0n) is 21.7. The summed E-state index contributed by atoms with van der Waals surface area (Å²) in [6.07, 6.45) is 8.03. The van der Waals surface area contributed by atoms with Crippen molar-refractivity contribution in [2.24, 2.45) is 0 Å². The lowest BCUT2D eigenvalue weighted by Crippen LogP contribution is -2.30. The molecule has 5 rings (SSSR count). The number of rotatable bonds is 12. The molecule has 0 aromatic heterocycles. The van der Waals surface area contributed by atoms with E-state index in [0.29, 0.717) is 29.8 Å². The van der Waals surface area contributed by atoms with Crippen molar-refractivity contribution in [1.82, 2.24) is 4.90 Å². The maximum atomic E-state index is 12.4. The van der Waals surface area contributed by atoms with Gasteiger partial charge in [0.25, 0.3) is 11.8 Å². The Balaban J connectivity index is 0.968. The fourth-order valence-electron chi connectivity index (χ4n) is 5.35. The van der Waals surface area contributed by atoms with Crippen molar-refractivity contribution in [2.45, 2.75) is 51.5 Å². The number of hydrogen-bond acceptors (Lipinski definition) is 5. The maximum Gasteiger partial charge on any atom is 0.261 e. The van der Waals surface area contributed by atoms with Crippen molar-refractivity contribution in [3.05, 3.63) is 94.5 Å². The van der Waals surface area contributed by atoms with Crippen LogP contribution in [0.3, 0.4) is 0 Å². The number of amides is 2. The van der Waals surface area contributed by atoms with Crippen LogP contribution in [0.15, 0.2) is 66.7 Å². The van der Waals surface area contributed by atoms with Gasteiger partial charge in [0.05, 0.1) is 17.7 Å². The molecule has 0 aliphatic carbocycles. The van der Waals surface area contributed by atoms with Gasteiger partial charge in [0.15, 0.2) is 0 Å². The molecule has 2 amide bonds. The monoisotopic (exact) mass is 510 g/mol. The molecular weight excluding hydrogens is 476 g/mol. The van der Waals surface area contributed by atoms with Crippen molar-refractivity contribution in [3.8, 4) is 5.75 Å². The summed E-state index contributed by atoms with van der Waals surface area (Å²) in [5.41, 5.74) is 5.49. The molecule has 2 aliphatic heterocycles. The highest BCUT2D eigenvalue weighted by molar-refractivity contribution is 6.21. The summed E-state index contributed by atoms with van der Waals surface area (Å²) in [7, 11) is 0. The van der Waals surface area contributed by atoms with Crippen LogP contribution in [0.4, 0.5) is 5.69 Å². The average molecular weight is 511 g/mol. The summed E-state index contributed by atoms with van der Waals surface area (Å²) in [5, 5.41) is 0. The van der Waals surface area contributed by atoms with Gasteiger partial charge in [-0.25, -0.2) is 0 Å². The Morgan fingerprint density at radius 1 is 0.763 bits per heavy atom. The van der Waals surface area contributed by atoms with Gasteiger partial charge in [-0.3, -0.25) is 19.3 Å². The van der Waals surface area contributed by atoms with Crippen LogP contribution >= 0.6 is 0 Å². The predicted molar refractivity (Wildman–Crippen MR) is 148 cm³/mol. The summed E-state index contributed by atoms with van der Waals surface area (Å²) < 4.78 is 6.03. The van der Waals surface area contributed by atoms with Gasteiger partial charge in [0.1, 0.15) is 12.0 Å². The molecule has 0 saturated heterocycles. The number of imide groups is 1. The predicted octanol–water partition coefficient (Wildman–Crippen LogP) is 6.08. The lowest BCUT2D eigenvalue weighted by atomic mass is 9.98. The number of carbonyl (C=O) groups is 3. The number of ether oxygens (including phenoxy) is 1. The lowest BCUT2D eigenvalue weighted by Gasteiger charge is -2.31. The minimum absolute atomic E-state index is 0.161. The van der Waals surface area contributed by atoms with E-state index in [2.05, 4.69) is 29.2 Å². The van der Waals surface area contributed by atoms with E-state index in [-0.39, 0.29) is 11.8 Å². The highest BCUT2D eigenvalue weighted by Crippen LogP contribution is 2.28. The number of aldehydes is 1. The van der Waals surface area contributed by atoms with Gasteiger partial charge in [-0.1, -0.05) is 56.0 Å². The number of hydrogen-bond donors (Lipinski definition) is 0.